The third kappa shape index (κ3) is 3.64. The van der Waals surface area contributed by atoms with E-state index in [9.17, 15) is 20.1 Å². The molecular weight excluding hydrogens is 246 g/mol. The number of hydrogen-bond donors (Lipinski definition) is 4. The van der Waals surface area contributed by atoms with Crippen LogP contribution in [0.3, 0.4) is 0 Å². The topological polar surface area (TPSA) is 89.8 Å². The number of carbonyl (C=O) groups excluding carboxylic acids is 1. The van der Waals surface area contributed by atoms with Crippen molar-refractivity contribution < 1.29 is 20.1 Å². The lowest BCUT2D eigenvalue weighted by Crippen LogP contribution is -2.28. The van der Waals surface area contributed by atoms with Crippen LogP contribution in [0.15, 0.2) is 24.3 Å². The van der Waals surface area contributed by atoms with Gasteiger partial charge in [-0.15, -0.1) is 0 Å². The van der Waals surface area contributed by atoms with Gasteiger partial charge in [0.1, 0.15) is 0 Å². The molecule has 0 spiro atoms. The molecule has 1 unspecified atom stereocenters. The number of rotatable bonds is 5. The van der Waals surface area contributed by atoms with Gasteiger partial charge in [0.25, 0.3) is 0 Å². The molecule has 1 atom stereocenters. The second-order valence-corrected chi connectivity index (χ2v) is 4.50. The minimum absolute atomic E-state index is 0.0688. The van der Waals surface area contributed by atoms with Gasteiger partial charge in [-0.25, -0.2) is 0 Å². The molecule has 0 fully saturated rings. The fourth-order valence-electron chi connectivity index (χ4n) is 1.73. The van der Waals surface area contributed by atoms with Crippen LogP contribution >= 0.6 is 0 Å². The number of aromatic hydroxyl groups is 3. The van der Waals surface area contributed by atoms with Crippen molar-refractivity contribution in [1.29, 1.82) is 0 Å². The molecule has 0 heterocycles. The van der Waals surface area contributed by atoms with Gasteiger partial charge in [0.2, 0.25) is 5.91 Å². The molecular formula is C14H19NO4. The zero-order valence-corrected chi connectivity index (χ0v) is 11.1. The lowest BCUT2D eigenvalue weighted by atomic mass is 9.95. The van der Waals surface area contributed by atoms with Crippen molar-refractivity contribution in [1.82, 2.24) is 5.32 Å². The van der Waals surface area contributed by atoms with Crippen molar-refractivity contribution in [3.05, 3.63) is 29.8 Å². The highest BCUT2D eigenvalue weighted by atomic mass is 16.3. The van der Waals surface area contributed by atoms with Gasteiger partial charge >= 0.3 is 0 Å². The number of carbonyl (C=O) groups is 1. The summed E-state index contributed by atoms with van der Waals surface area (Å²) >= 11 is 0. The Labute approximate surface area is 112 Å². The average Bonchev–Trinajstić information content (AvgIpc) is 2.36. The van der Waals surface area contributed by atoms with E-state index in [0.29, 0.717) is 24.1 Å². The molecule has 1 amide bonds. The molecule has 0 aromatic heterocycles. The Morgan fingerprint density at radius 2 is 1.84 bits per heavy atom. The first kappa shape index (κ1) is 14.9. The van der Waals surface area contributed by atoms with E-state index in [-0.39, 0.29) is 23.3 Å². The summed E-state index contributed by atoms with van der Waals surface area (Å²) < 4.78 is 0. The minimum atomic E-state index is -0.537. The van der Waals surface area contributed by atoms with Gasteiger partial charge in [-0.1, -0.05) is 13.5 Å². The largest absolute Gasteiger partial charge is 0.504 e. The van der Waals surface area contributed by atoms with Crippen molar-refractivity contribution >= 4 is 5.91 Å². The van der Waals surface area contributed by atoms with Gasteiger partial charge < -0.3 is 20.6 Å². The second-order valence-electron chi connectivity index (χ2n) is 4.50. The van der Waals surface area contributed by atoms with Gasteiger partial charge in [0.05, 0.1) is 0 Å². The highest BCUT2D eigenvalue weighted by Gasteiger charge is 2.16. The molecule has 5 nitrogen and oxygen atoms in total. The number of amides is 1. The standard InChI is InChI=1S/C14H19NO4/c1-4-9(7-15-14(19)8(2)3)10-5-11(16)13(18)12(17)6-10/h5-6,9,16-18H,2,4,7H2,1,3H3,(H,15,19). The Bertz CT molecular complexity index is 473. The third-order valence-corrected chi connectivity index (χ3v) is 2.95. The average molecular weight is 265 g/mol. The van der Waals surface area contributed by atoms with E-state index in [0.717, 1.165) is 0 Å². The van der Waals surface area contributed by atoms with E-state index < -0.39 is 5.75 Å². The van der Waals surface area contributed by atoms with E-state index in [1.165, 1.54) is 12.1 Å². The number of phenols is 3. The molecule has 19 heavy (non-hydrogen) atoms. The van der Waals surface area contributed by atoms with Crippen molar-refractivity contribution in [2.75, 3.05) is 6.54 Å². The van der Waals surface area contributed by atoms with Crippen molar-refractivity contribution in [2.45, 2.75) is 26.2 Å². The number of nitrogens with one attached hydrogen (secondary N) is 1. The van der Waals surface area contributed by atoms with E-state index in [1.807, 2.05) is 6.92 Å². The predicted molar refractivity (Wildman–Crippen MR) is 72.3 cm³/mol. The molecule has 1 aromatic rings. The number of hydrogen-bond acceptors (Lipinski definition) is 4. The van der Waals surface area contributed by atoms with Gasteiger partial charge in [-0.3, -0.25) is 4.79 Å². The quantitative estimate of drug-likeness (QED) is 0.484. The maximum absolute atomic E-state index is 11.4. The molecule has 5 heteroatoms. The summed E-state index contributed by atoms with van der Waals surface area (Å²) in [5.74, 6) is -1.59. The lowest BCUT2D eigenvalue weighted by molar-refractivity contribution is -0.117. The molecule has 0 saturated carbocycles. The zero-order valence-electron chi connectivity index (χ0n) is 11.1. The normalized spacial score (nSPS) is 11.9. The van der Waals surface area contributed by atoms with Crippen LogP contribution in [0.2, 0.25) is 0 Å². The lowest BCUT2D eigenvalue weighted by Gasteiger charge is -2.17. The van der Waals surface area contributed by atoms with Crippen LogP contribution in [-0.2, 0) is 4.79 Å². The van der Waals surface area contributed by atoms with Crippen LogP contribution in [0.4, 0.5) is 0 Å². The molecule has 4 N–H and O–H groups in total. The monoisotopic (exact) mass is 265 g/mol. The van der Waals surface area contributed by atoms with E-state index in [2.05, 4.69) is 11.9 Å². The molecule has 0 aliphatic carbocycles. The third-order valence-electron chi connectivity index (χ3n) is 2.95. The molecule has 1 aromatic carbocycles. The summed E-state index contributed by atoms with van der Waals surface area (Å²) in [5.41, 5.74) is 1.07. The number of benzene rings is 1. The van der Waals surface area contributed by atoms with Crippen LogP contribution < -0.4 is 5.32 Å². The first-order valence-corrected chi connectivity index (χ1v) is 6.05. The Kier molecular flexibility index (Phi) is 4.80. The summed E-state index contributed by atoms with van der Waals surface area (Å²) in [6, 6.07) is 2.77. The summed E-state index contributed by atoms with van der Waals surface area (Å²) in [7, 11) is 0. The fraction of sp³-hybridized carbons (Fsp3) is 0.357. The van der Waals surface area contributed by atoms with Crippen LogP contribution in [0.1, 0.15) is 31.7 Å². The minimum Gasteiger partial charge on any atom is -0.504 e. The highest BCUT2D eigenvalue weighted by molar-refractivity contribution is 5.92. The van der Waals surface area contributed by atoms with Crippen LogP contribution in [0.5, 0.6) is 17.2 Å². The molecule has 0 radical (unpaired) electrons. The summed E-state index contributed by atoms with van der Waals surface area (Å²) in [4.78, 5) is 11.4. The number of phenolic OH excluding ortho intramolecular Hbond substituents is 3. The Morgan fingerprint density at radius 3 is 2.26 bits per heavy atom. The maximum atomic E-state index is 11.4. The summed E-state index contributed by atoms with van der Waals surface area (Å²) in [5, 5.41) is 31.0. The fourth-order valence-corrected chi connectivity index (χ4v) is 1.73. The van der Waals surface area contributed by atoms with Gasteiger partial charge in [-0.05, 0) is 31.0 Å². The van der Waals surface area contributed by atoms with Gasteiger partial charge in [-0.2, -0.15) is 0 Å². The van der Waals surface area contributed by atoms with Crippen molar-refractivity contribution in [3.8, 4) is 17.2 Å². The van der Waals surface area contributed by atoms with E-state index in [1.54, 1.807) is 6.92 Å². The molecule has 0 aliphatic heterocycles. The summed E-state index contributed by atoms with van der Waals surface area (Å²) in [6.07, 6.45) is 0.708. The Hall–Kier alpha value is -2.17. The molecule has 1 rings (SSSR count). The Morgan fingerprint density at radius 1 is 1.32 bits per heavy atom. The molecule has 0 bridgehead atoms. The Balaban J connectivity index is 2.86. The predicted octanol–water partition coefficient (Wildman–Crippen LogP) is 1.99. The maximum Gasteiger partial charge on any atom is 0.246 e. The summed E-state index contributed by atoms with van der Waals surface area (Å²) in [6.45, 7) is 7.46. The van der Waals surface area contributed by atoms with Crippen LogP contribution in [0.25, 0.3) is 0 Å². The SMILES string of the molecule is C=C(C)C(=O)NCC(CC)c1cc(O)c(O)c(O)c1. The molecule has 104 valence electrons. The van der Waals surface area contributed by atoms with Crippen LogP contribution in [0, 0.1) is 0 Å². The highest BCUT2D eigenvalue weighted by Crippen LogP contribution is 2.38. The first-order valence-electron chi connectivity index (χ1n) is 6.05. The van der Waals surface area contributed by atoms with Gasteiger partial charge in [0.15, 0.2) is 17.2 Å². The van der Waals surface area contributed by atoms with Gasteiger partial charge in [0, 0.05) is 18.0 Å². The van der Waals surface area contributed by atoms with Crippen molar-refractivity contribution in [2.24, 2.45) is 0 Å². The zero-order chi connectivity index (χ0) is 14.6. The molecule has 0 saturated heterocycles. The smallest absolute Gasteiger partial charge is 0.246 e. The first-order chi connectivity index (χ1) is 8.86. The van der Waals surface area contributed by atoms with Crippen molar-refractivity contribution in [3.63, 3.8) is 0 Å². The second kappa shape index (κ2) is 6.13. The van der Waals surface area contributed by atoms with E-state index >= 15 is 0 Å². The van der Waals surface area contributed by atoms with E-state index in [4.69, 9.17) is 0 Å². The molecule has 0 aliphatic rings. The van der Waals surface area contributed by atoms with Crippen LogP contribution in [-0.4, -0.2) is 27.8 Å².